The summed E-state index contributed by atoms with van der Waals surface area (Å²) < 4.78 is 0. The molecule has 128 valence electrons. The fraction of sp³-hybridized carbons (Fsp3) is 0.421. The zero-order valence-corrected chi connectivity index (χ0v) is 15.1. The summed E-state index contributed by atoms with van der Waals surface area (Å²) in [5, 5.41) is 6.13. The first-order valence-electron chi connectivity index (χ1n) is 8.33. The molecule has 0 saturated carbocycles. The van der Waals surface area contributed by atoms with Gasteiger partial charge in [-0.25, -0.2) is 9.97 Å². The molecule has 2 aromatic rings. The maximum atomic E-state index is 12.5. The summed E-state index contributed by atoms with van der Waals surface area (Å²) in [6.45, 7) is 11.0. The maximum Gasteiger partial charge on any atom is 0.274 e. The van der Waals surface area contributed by atoms with Crippen molar-refractivity contribution in [1.29, 1.82) is 0 Å². The molecular formula is C19H26N4O. The first-order valence-corrected chi connectivity index (χ1v) is 8.33. The van der Waals surface area contributed by atoms with Gasteiger partial charge in [-0.1, -0.05) is 26.0 Å². The number of anilines is 2. The van der Waals surface area contributed by atoms with E-state index in [4.69, 9.17) is 0 Å². The molecule has 2 N–H and O–H groups in total. The molecule has 5 heteroatoms. The van der Waals surface area contributed by atoms with Gasteiger partial charge in [0, 0.05) is 17.9 Å². The van der Waals surface area contributed by atoms with E-state index in [0.29, 0.717) is 17.6 Å². The number of carbonyl (C=O) groups excluding carboxylic acids is 1. The number of carbonyl (C=O) groups is 1. The van der Waals surface area contributed by atoms with E-state index >= 15 is 0 Å². The van der Waals surface area contributed by atoms with Gasteiger partial charge in [-0.3, -0.25) is 4.79 Å². The van der Waals surface area contributed by atoms with Crippen molar-refractivity contribution < 1.29 is 4.79 Å². The van der Waals surface area contributed by atoms with Gasteiger partial charge in [-0.15, -0.1) is 0 Å². The van der Waals surface area contributed by atoms with Crippen molar-refractivity contribution in [1.82, 2.24) is 9.97 Å². The zero-order chi connectivity index (χ0) is 17.7. The maximum absolute atomic E-state index is 12.5. The lowest BCUT2D eigenvalue weighted by Gasteiger charge is -2.11. The molecule has 0 unspecified atom stereocenters. The second-order valence-electron chi connectivity index (χ2n) is 6.60. The second kappa shape index (κ2) is 7.90. The van der Waals surface area contributed by atoms with Gasteiger partial charge in [0.2, 0.25) is 5.95 Å². The monoisotopic (exact) mass is 326 g/mol. The third kappa shape index (κ3) is 5.05. The SMILES string of the molecule is Cc1ccc(C)c(NC(=O)c2cc(C)nc(NCCC(C)C)n2)c1. The average molecular weight is 326 g/mol. The standard InChI is InChI=1S/C19H26N4O/c1-12(2)8-9-20-19-21-15(5)11-17(23-19)18(24)22-16-10-13(3)6-7-14(16)4/h6-7,10-12H,8-9H2,1-5H3,(H,22,24)(H,20,21,23). The summed E-state index contributed by atoms with van der Waals surface area (Å²) in [6, 6.07) is 7.68. The fourth-order valence-electron chi connectivity index (χ4n) is 2.29. The van der Waals surface area contributed by atoms with Crippen molar-refractivity contribution in [2.45, 2.75) is 41.0 Å². The molecule has 1 aromatic heterocycles. The Kier molecular flexibility index (Phi) is 5.90. The van der Waals surface area contributed by atoms with E-state index < -0.39 is 0 Å². The third-order valence-corrected chi connectivity index (χ3v) is 3.73. The molecule has 0 spiro atoms. The van der Waals surface area contributed by atoms with Gasteiger partial charge < -0.3 is 10.6 Å². The van der Waals surface area contributed by atoms with E-state index in [1.54, 1.807) is 6.07 Å². The van der Waals surface area contributed by atoms with Crippen LogP contribution in [0.5, 0.6) is 0 Å². The summed E-state index contributed by atoms with van der Waals surface area (Å²) in [4.78, 5) is 21.2. The number of hydrogen-bond acceptors (Lipinski definition) is 4. The Morgan fingerprint density at radius 1 is 1.12 bits per heavy atom. The van der Waals surface area contributed by atoms with Crippen molar-refractivity contribution in [2.75, 3.05) is 17.2 Å². The van der Waals surface area contributed by atoms with Crippen LogP contribution in [0, 0.1) is 26.7 Å². The molecule has 1 amide bonds. The summed E-state index contributed by atoms with van der Waals surface area (Å²) in [6.07, 6.45) is 1.03. The predicted octanol–water partition coefficient (Wildman–Crippen LogP) is 4.11. The molecule has 2 rings (SSSR count). The van der Waals surface area contributed by atoms with Crippen LogP contribution >= 0.6 is 0 Å². The highest BCUT2D eigenvalue weighted by molar-refractivity contribution is 6.03. The van der Waals surface area contributed by atoms with Gasteiger partial charge in [-0.05, 0) is 56.4 Å². The second-order valence-corrected chi connectivity index (χ2v) is 6.60. The van der Waals surface area contributed by atoms with Crippen LogP contribution in [0.4, 0.5) is 11.6 Å². The fourth-order valence-corrected chi connectivity index (χ4v) is 2.29. The van der Waals surface area contributed by atoms with Crippen molar-refractivity contribution in [3.05, 3.63) is 46.8 Å². The Morgan fingerprint density at radius 3 is 2.58 bits per heavy atom. The Balaban J connectivity index is 2.14. The van der Waals surface area contributed by atoms with E-state index in [2.05, 4.69) is 34.4 Å². The molecule has 0 fully saturated rings. The molecule has 24 heavy (non-hydrogen) atoms. The van der Waals surface area contributed by atoms with Crippen LogP contribution in [0.2, 0.25) is 0 Å². The van der Waals surface area contributed by atoms with Crippen LogP contribution in [0.25, 0.3) is 0 Å². The minimum Gasteiger partial charge on any atom is -0.354 e. The largest absolute Gasteiger partial charge is 0.354 e. The Morgan fingerprint density at radius 2 is 1.88 bits per heavy atom. The smallest absolute Gasteiger partial charge is 0.274 e. The highest BCUT2D eigenvalue weighted by Gasteiger charge is 2.12. The van der Waals surface area contributed by atoms with E-state index in [-0.39, 0.29) is 5.91 Å². The lowest BCUT2D eigenvalue weighted by Crippen LogP contribution is -2.17. The molecule has 0 aliphatic rings. The molecule has 0 radical (unpaired) electrons. The van der Waals surface area contributed by atoms with Gasteiger partial charge in [0.25, 0.3) is 5.91 Å². The van der Waals surface area contributed by atoms with Crippen LogP contribution in [-0.2, 0) is 0 Å². The van der Waals surface area contributed by atoms with Crippen LogP contribution in [0.1, 0.15) is 47.6 Å². The van der Waals surface area contributed by atoms with Crippen molar-refractivity contribution in [3.8, 4) is 0 Å². The molecule has 5 nitrogen and oxygen atoms in total. The molecule has 0 bridgehead atoms. The Bertz CT molecular complexity index is 725. The Hall–Kier alpha value is -2.43. The number of aryl methyl sites for hydroxylation is 3. The summed E-state index contributed by atoms with van der Waals surface area (Å²) >= 11 is 0. The van der Waals surface area contributed by atoms with Crippen molar-refractivity contribution in [3.63, 3.8) is 0 Å². The molecule has 1 heterocycles. The van der Waals surface area contributed by atoms with Crippen LogP contribution in [-0.4, -0.2) is 22.4 Å². The van der Waals surface area contributed by atoms with E-state index in [1.807, 2.05) is 39.0 Å². The van der Waals surface area contributed by atoms with Crippen molar-refractivity contribution >= 4 is 17.5 Å². The lowest BCUT2D eigenvalue weighted by molar-refractivity contribution is 0.102. The van der Waals surface area contributed by atoms with Gasteiger partial charge in [0.15, 0.2) is 0 Å². The Labute approximate surface area is 143 Å². The normalized spacial score (nSPS) is 10.8. The first-order chi connectivity index (χ1) is 11.3. The molecule has 0 atom stereocenters. The van der Waals surface area contributed by atoms with Crippen LogP contribution in [0.3, 0.4) is 0 Å². The number of aromatic nitrogens is 2. The minimum atomic E-state index is -0.221. The van der Waals surface area contributed by atoms with Crippen LogP contribution < -0.4 is 10.6 Å². The van der Waals surface area contributed by atoms with E-state index in [1.165, 1.54) is 0 Å². The van der Waals surface area contributed by atoms with Gasteiger partial charge >= 0.3 is 0 Å². The number of benzene rings is 1. The quantitative estimate of drug-likeness (QED) is 0.838. The third-order valence-electron chi connectivity index (χ3n) is 3.73. The highest BCUT2D eigenvalue weighted by Crippen LogP contribution is 2.17. The van der Waals surface area contributed by atoms with Crippen molar-refractivity contribution in [2.24, 2.45) is 5.92 Å². The summed E-state index contributed by atoms with van der Waals surface area (Å²) in [5.41, 5.74) is 4.07. The van der Waals surface area contributed by atoms with E-state index in [9.17, 15) is 4.79 Å². The van der Waals surface area contributed by atoms with Crippen LogP contribution in [0.15, 0.2) is 24.3 Å². The summed E-state index contributed by atoms with van der Waals surface area (Å²) in [7, 11) is 0. The van der Waals surface area contributed by atoms with Gasteiger partial charge in [0.05, 0.1) is 0 Å². The molecule has 1 aromatic carbocycles. The number of amides is 1. The number of rotatable bonds is 6. The molecular weight excluding hydrogens is 300 g/mol. The predicted molar refractivity (Wildman–Crippen MR) is 98.6 cm³/mol. The topological polar surface area (TPSA) is 66.9 Å². The summed E-state index contributed by atoms with van der Waals surface area (Å²) in [5.74, 6) is 0.886. The lowest BCUT2D eigenvalue weighted by atomic mass is 10.1. The average Bonchev–Trinajstić information content (AvgIpc) is 2.50. The minimum absolute atomic E-state index is 0.221. The molecule has 0 aliphatic carbocycles. The number of nitrogens with zero attached hydrogens (tertiary/aromatic N) is 2. The van der Waals surface area contributed by atoms with Gasteiger partial charge in [-0.2, -0.15) is 0 Å². The molecule has 0 saturated heterocycles. The van der Waals surface area contributed by atoms with E-state index in [0.717, 1.165) is 35.5 Å². The number of nitrogens with one attached hydrogen (secondary N) is 2. The highest BCUT2D eigenvalue weighted by atomic mass is 16.1. The number of hydrogen-bond donors (Lipinski definition) is 2. The zero-order valence-electron chi connectivity index (χ0n) is 15.1. The molecule has 0 aliphatic heterocycles. The van der Waals surface area contributed by atoms with Gasteiger partial charge in [0.1, 0.15) is 5.69 Å². The first kappa shape index (κ1) is 17.9.